The third-order valence-electron chi connectivity index (χ3n) is 4.13. The SMILES string of the molecule is NC1(c2ccccc2C2(F)CCNCC2)CC1. The summed E-state index contributed by atoms with van der Waals surface area (Å²) < 4.78 is 15.0. The first kappa shape index (κ1) is 11.2. The summed E-state index contributed by atoms with van der Waals surface area (Å²) in [5, 5.41) is 3.21. The van der Waals surface area contributed by atoms with Crippen molar-refractivity contribution < 1.29 is 4.39 Å². The van der Waals surface area contributed by atoms with Crippen molar-refractivity contribution >= 4 is 0 Å². The number of benzene rings is 1. The largest absolute Gasteiger partial charge is 0.321 e. The van der Waals surface area contributed by atoms with Crippen LogP contribution in [0.3, 0.4) is 0 Å². The van der Waals surface area contributed by atoms with Gasteiger partial charge in [0.1, 0.15) is 5.67 Å². The second kappa shape index (κ2) is 3.79. The van der Waals surface area contributed by atoms with Crippen LogP contribution in [0, 0.1) is 0 Å². The Bertz CT molecular complexity index is 420. The molecule has 3 heteroatoms. The summed E-state index contributed by atoms with van der Waals surface area (Å²) in [5.41, 5.74) is 6.69. The lowest BCUT2D eigenvalue weighted by molar-refractivity contribution is 0.113. The van der Waals surface area contributed by atoms with Gasteiger partial charge in [-0.1, -0.05) is 24.3 Å². The van der Waals surface area contributed by atoms with Crippen molar-refractivity contribution in [2.24, 2.45) is 5.73 Å². The van der Waals surface area contributed by atoms with E-state index in [1.54, 1.807) is 0 Å². The molecule has 1 heterocycles. The summed E-state index contributed by atoms with van der Waals surface area (Å²) in [5.74, 6) is 0. The van der Waals surface area contributed by atoms with E-state index in [1.165, 1.54) is 0 Å². The number of rotatable bonds is 2. The van der Waals surface area contributed by atoms with Gasteiger partial charge >= 0.3 is 0 Å². The summed E-state index contributed by atoms with van der Waals surface area (Å²) in [6.07, 6.45) is 3.08. The van der Waals surface area contributed by atoms with Crippen LogP contribution in [-0.2, 0) is 11.2 Å². The first-order valence-electron chi connectivity index (χ1n) is 6.43. The molecule has 17 heavy (non-hydrogen) atoms. The molecule has 2 fully saturated rings. The predicted octanol–water partition coefficient (Wildman–Crippen LogP) is 2.18. The van der Waals surface area contributed by atoms with Crippen molar-refractivity contribution in [2.45, 2.75) is 36.9 Å². The molecule has 1 aromatic carbocycles. The van der Waals surface area contributed by atoms with Gasteiger partial charge in [-0.15, -0.1) is 0 Å². The quantitative estimate of drug-likeness (QED) is 0.823. The summed E-state index contributed by atoms with van der Waals surface area (Å²) in [6, 6.07) is 7.82. The van der Waals surface area contributed by atoms with Crippen molar-refractivity contribution in [1.29, 1.82) is 0 Å². The maximum atomic E-state index is 15.0. The van der Waals surface area contributed by atoms with Gasteiger partial charge in [0, 0.05) is 5.54 Å². The Morgan fingerprint density at radius 3 is 2.18 bits per heavy atom. The topological polar surface area (TPSA) is 38.0 Å². The fraction of sp³-hybridized carbons (Fsp3) is 0.571. The highest BCUT2D eigenvalue weighted by Crippen LogP contribution is 2.48. The third kappa shape index (κ3) is 1.87. The average Bonchev–Trinajstić information content (AvgIpc) is 3.10. The zero-order chi connectivity index (χ0) is 11.9. The van der Waals surface area contributed by atoms with E-state index in [2.05, 4.69) is 5.32 Å². The van der Waals surface area contributed by atoms with Gasteiger partial charge in [-0.05, 0) is 49.9 Å². The average molecular weight is 234 g/mol. The molecule has 2 nitrogen and oxygen atoms in total. The standard InChI is InChI=1S/C14H19FN2/c15-13(7-9-17-10-8-13)11-3-1-2-4-12(11)14(16)5-6-14/h1-4,17H,5-10,16H2. The first-order valence-corrected chi connectivity index (χ1v) is 6.43. The monoisotopic (exact) mass is 234 g/mol. The third-order valence-corrected chi connectivity index (χ3v) is 4.13. The van der Waals surface area contributed by atoms with Crippen molar-refractivity contribution in [3.05, 3.63) is 35.4 Å². The molecule has 92 valence electrons. The Morgan fingerprint density at radius 1 is 1.00 bits per heavy atom. The molecule has 0 unspecified atom stereocenters. The van der Waals surface area contributed by atoms with Crippen molar-refractivity contribution in [2.75, 3.05) is 13.1 Å². The number of halogens is 1. The van der Waals surface area contributed by atoms with Gasteiger partial charge in [0.25, 0.3) is 0 Å². The number of nitrogens with two attached hydrogens (primary N) is 1. The molecule has 0 spiro atoms. The lowest BCUT2D eigenvalue weighted by Crippen LogP contribution is -2.38. The summed E-state index contributed by atoms with van der Waals surface area (Å²) in [6.45, 7) is 1.50. The molecule has 0 atom stereocenters. The summed E-state index contributed by atoms with van der Waals surface area (Å²) in [4.78, 5) is 0. The lowest BCUT2D eigenvalue weighted by atomic mass is 9.82. The predicted molar refractivity (Wildman–Crippen MR) is 66.4 cm³/mol. The van der Waals surface area contributed by atoms with Gasteiger partial charge < -0.3 is 11.1 Å². The lowest BCUT2D eigenvalue weighted by Gasteiger charge is -2.33. The number of piperidine rings is 1. The fourth-order valence-electron chi connectivity index (χ4n) is 2.80. The molecular weight excluding hydrogens is 215 g/mol. The Kier molecular flexibility index (Phi) is 2.49. The molecule has 1 saturated carbocycles. The van der Waals surface area contributed by atoms with E-state index in [0.717, 1.165) is 37.1 Å². The molecule has 0 aromatic heterocycles. The Balaban J connectivity index is 2.01. The van der Waals surface area contributed by atoms with Gasteiger partial charge in [-0.3, -0.25) is 0 Å². The van der Waals surface area contributed by atoms with Crippen LogP contribution < -0.4 is 11.1 Å². The number of hydrogen-bond donors (Lipinski definition) is 2. The van der Waals surface area contributed by atoms with E-state index in [-0.39, 0.29) is 5.54 Å². The van der Waals surface area contributed by atoms with Gasteiger partial charge in [0.2, 0.25) is 0 Å². The summed E-state index contributed by atoms with van der Waals surface area (Å²) >= 11 is 0. The highest BCUT2D eigenvalue weighted by atomic mass is 19.1. The van der Waals surface area contributed by atoms with Crippen LogP contribution in [0.2, 0.25) is 0 Å². The number of hydrogen-bond acceptors (Lipinski definition) is 2. The van der Waals surface area contributed by atoms with E-state index >= 15 is 4.39 Å². The van der Waals surface area contributed by atoms with Crippen LogP contribution in [0.1, 0.15) is 36.8 Å². The van der Waals surface area contributed by atoms with Crippen LogP contribution in [-0.4, -0.2) is 13.1 Å². The molecule has 1 aliphatic carbocycles. The molecule has 0 amide bonds. The second-order valence-corrected chi connectivity index (χ2v) is 5.42. The minimum Gasteiger partial charge on any atom is -0.321 e. The van der Waals surface area contributed by atoms with Crippen molar-refractivity contribution in [3.63, 3.8) is 0 Å². The molecule has 1 saturated heterocycles. The number of nitrogens with one attached hydrogen (secondary N) is 1. The zero-order valence-corrected chi connectivity index (χ0v) is 10.0. The van der Waals surface area contributed by atoms with Gasteiger partial charge in [-0.25, -0.2) is 4.39 Å². The van der Waals surface area contributed by atoms with Crippen molar-refractivity contribution in [3.8, 4) is 0 Å². The van der Waals surface area contributed by atoms with Gasteiger partial charge in [-0.2, -0.15) is 0 Å². The Hall–Kier alpha value is -0.930. The molecule has 1 aliphatic heterocycles. The van der Waals surface area contributed by atoms with Crippen LogP contribution in [0.25, 0.3) is 0 Å². The van der Waals surface area contributed by atoms with E-state index in [0.29, 0.717) is 12.8 Å². The molecular formula is C14H19FN2. The Morgan fingerprint density at radius 2 is 1.59 bits per heavy atom. The van der Waals surface area contributed by atoms with Crippen LogP contribution in [0.4, 0.5) is 4.39 Å². The molecule has 3 rings (SSSR count). The zero-order valence-electron chi connectivity index (χ0n) is 10.0. The van der Waals surface area contributed by atoms with Crippen LogP contribution in [0.15, 0.2) is 24.3 Å². The van der Waals surface area contributed by atoms with E-state index in [9.17, 15) is 0 Å². The molecule has 0 radical (unpaired) electrons. The first-order chi connectivity index (χ1) is 8.14. The van der Waals surface area contributed by atoms with Gasteiger partial charge in [0.15, 0.2) is 0 Å². The van der Waals surface area contributed by atoms with Crippen LogP contribution >= 0.6 is 0 Å². The minimum atomic E-state index is -1.18. The minimum absolute atomic E-state index is 0.249. The highest BCUT2D eigenvalue weighted by molar-refractivity contribution is 5.41. The van der Waals surface area contributed by atoms with E-state index in [1.807, 2.05) is 24.3 Å². The fourth-order valence-corrected chi connectivity index (χ4v) is 2.80. The highest BCUT2D eigenvalue weighted by Gasteiger charge is 2.45. The number of alkyl halides is 1. The smallest absolute Gasteiger partial charge is 0.138 e. The molecule has 2 aliphatic rings. The van der Waals surface area contributed by atoms with Crippen molar-refractivity contribution in [1.82, 2.24) is 5.32 Å². The molecule has 0 bridgehead atoms. The Labute approximate surface area is 101 Å². The summed E-state index contributed by atoms with van der Waals surface area (Å²) in [7, 11) is 0. The van der Waals surface area contributed by atoms with Crippen LogP contribution in [0.5, 0.6) is 0 Å². The normalized spacial score (nSPS) is 25.5. The van der Waals surface area contributed by atoms with E-state index in [4.69, 9.17) is 5.73 Å². The van der Waals surface area contributed by atoms with Gasteiger partial charge in [0.05, 0.1) is 0 Å². The molecule has 3 N–H and O–H groups in total. The second-order valence-electron chi connectivity index (χ2n) is 5.42. The molecule has 1 aromatic rings. The maximum Gasteiger partial charge on any atom is 0.138 e. The maximum absolute atomic E-state index is 15.0. The van der Waals surface area contributed by atoms with E-state index < -0.39 is 5.67 Å².